The largest absolute Gasteiger partial charge is 0.512 e. The van der Waals surface area contributed by atoms with Crippen molar-refractivity contribution in [3.63, 3.8) is 0 Å². The number of carbonyl (C=O) groups is 1. The van der Waals surface area contributed by atoms with E-state index in [4.69, 9.17) is 5.11 Å². The van der Waals surface area contributed by atoms with Crippen LogP contribution in [0.3, 0.4) is 0 Å². The van der Waals surface area contributed by atoms with Gasteiger partial charge >= 0.3 is 5.97 Å². The molecule has 0 radical (unpaired) electrons. The van der Waals surface area contributed by atoms with Crippen molar-refractivity contribution in [2.24, 2.45) is 11.8 Å². The quantitative estimate of drug-likeness (QED) is 0.408. The van der Waals surface area contributed by atoms with Gasteiger partial charge in [0.2, 0.25) is 0 Å². The van der Waals surface area contributed by atoms with Gasteiger partial charge in [0.05, 0.1) is 24.4 Å². The fourth-order valence-corrected chi connectivity index (χ4v) is 3.28. The molecule has 0 aromatic carbocycles. The van der Waals surface area contributed by atoms with Gasteiger partial charge in [0.15, 0.2) is 0 Å². The van der Waals surface area contributed by atoms with Gasteiger partial charge in [-0.05, 0) is 18.9 Å². The lowest BCUT2D eigenvalue weighted by Gasteiger charge is -2.24. The summed E-state index contributed by atoms with van der Waals surface area (Å²) in [7, 11) is 0. The first-order valence-corrected chi connectivity index (χ1v) is 7.85. The molecule has 1 aliphatic carbocycles. The number of aliphatic hydroxyl groups excluding tert-OH is 3. The zero-order valence-electron chi connectivity index (χ0n) is 13.0. The van der Waals surface area contributed by atoms with Crippen LogP contribution in [-0.4, -0.2) is 38.6 Å². The lowest BCUT2D eigenvalue weighted by Crippen LogP contribution is -2.26. The topological polar surface area (TPSA) is 98.0 Å². The Morgan fingerprint density at radius 3 is 2.33 bits per heavy atom. The molecule has 0 aromatic rings. The summed E-state index contributed by atoms with van der Waals surface area (Å²) in [4.78, 5) is 10.9. The molecule has 0 unspecified atom stereocenters. The average molecular weight is 300 g/mol. The number of carboxylic acids is 1. The monoisotopic (exact) mass is 300 g/mol. The van der Waals surface area contributed by atoms with Crippen molar-refractivity contribution in [3.05, 3.63) is 11.3 Å². The summed E-state index contributed by atoms with van der Waals surface area (Å²) in [5.74, 6) is -1.76. The summed E-state index contributed by atoms with van der Waals surface area (Å²) in [6.45, 7) is 3.85. The van der Waals surface area contributed by atoms with E-state index >= 15 is 0 Å². The highest BCUT2D eigenvalue weighted by molar-refractivity contribution is 5.67. The summed E-state index contributed by atoms with van der Waals surface area (Å²) >= 11 is 0. The number of carboxylic acid groups (broad SMARTS) is 1. The predicted molar refractivity (Wildman–Crippen MR) is 80.0 cm³/mol. The van der Waals surface area contributed by atoms with Gasteiger partial charge in [-0.25, -0.2) is 0 Å². The molecule has 0 bridgehead atoms. The normalized spacial score (nSPS) is 30.3. The van der Waals surface area contributed by atoms with Crippen LogP contribution in [0.5, 0.6) is 0 Å². The highest BCUT2D eigenvalue weighted by atomic mass is 16.4. The highest BCUT2D eigenvalue weighted by Gasteiger charge is 2.44. The van der Waals surface area contributed by atoms with Crippen LogP contribution in [0.2, 0.25) is 0 Å². The van der Waals surface area contributed by atoms with Gasteiger partial charge in [0.25, 0.3) is 0 Å². The van der Waals surface area contributed by atoms with Gasteiger partial charge in [-0.3, -0.25) is 4.79 Å². The Morgan fingerprint density at radius 1 is 1.10 bits per heavy atom. The van der Waals surface area contributed by atoms with Gasteiger partial charge in [0.1, 0.15) is 0 Å². The Balaban J connectivity index is 2.75. The summed E-state index contributed by atoms with van der Waals surface area (Å²) in [6, 6.07) is 0. The van der Waals surface area contributed by atoms with E-state index in [1.165, 1.54) is 0 Å². The van der Waals surface area contributed by atoms with Crippen LogP contribution in [0.1, 0.15) is 58.8 Å². The van der Waals surface area contributed by atoms with Crippen LogP contribution >= 0.6 is 0 Å². The minimum atomic E-state index is -0.992. The Kier molecular flexibility index (Phi) is 7.18. The summed E-state index contributed by atoms with van der Waals surface area (Å²) in [5.41, 5.74) is 0.627. The number of unbranched alkanes of at least 4 members (excludes halogenated alkanes) is 3. The third kappa shape index (κ3) is 5.00. The third-order valence-electron chi connectivity index (χ3n) is 4.49. The zero-order chi connectivity index (χ0) is 16.0. The second-order valence-corrected chi connectivity index (χ2v) is 6.10. The van der Waals surface area contributed by atoms with Crippen molar-refractivity contribution < 1.29 is 25.2 Å². The van der Waals surface area contributed by atoms with Crippen molar-refractivity contribution in [1.29, 1.82) is 0 Å². The summed E-state index contributed by atoms with van der Waals surface area (Å²) in [6.07, 6.45) is 3.08. The lowest BCUT2D eigenvalue weighted by atomic mass is 9.84. The Morgan fingerprint density at radius 2 is 1.76 bits per heavy atom. The fraction of sp³-hybridized carbons (Fsp3) is 0.812. The number of aliphatic hydroxyl groups is 3. The van der Waals surface area contributed by atoms with Crippen molar-refractivity contribution >= 4 is 5.97 Å². The number of hydrogen-bond donors (Lipinski definition) is 4. The van der Waals surface area contributed by atoms with Gasteiger partial charge < -0.3 is 20.4 Å². The molecular weight excluding hydrogens is 272 g/mol. The highest BCUT2D eigenvalue weighted by Crippen LogP contribution is 2.40. The van der Waals surface area contributed by atoms with E-state index in [0.717, 1.165) is 25.7 Å². The van der Waals surface area contributed by atoms with E-state index in [1.54, 1.807) is 6.92 Å². The minimum Gasteiger partial charge on any atom is -0.512 e. The number of rotatable bonds is 8. The summed E-state index contributed by atoms with van der Waals surface area (Å²) in [5, 5.41) is 39.1. The predicted octanol–water partition coefficient (Wildman–Crippen LogP) is 2.62. The summed E-state index contributed by atoms with van der Waals surface area (Å²) < 4.78 is 0. The van der Waals surface area contributed by atoms with Crippen molar-refractivity contribution in [2.45, 2.75) is 71.0 Å². The molecule has 1 rings (SSSR count). The lowest BCUT2D eigenvalue weighted by molar-refractivity contribution is -0.139. The standard InChI is InChI=1S/C16H28O5/c1-3-4-5-6-7-12(17)10(2)16-11(8-15(20)21)13(18)9-14(16)19/h11,13-14,16-19H,3-9H2,1-2H3,(H,20,21)/t11-,13-,14-,16+/m0/s1. The zero-order valence-corrected chi connectivity index (χ0v) is 13.0. The molecule has 5 nitrogen and oxygen atoms in total. The van der Waals surface area contributed by atoms with E-state index in [-0.39, 0.29) is 18.6 Å². The number of allylic oxidation sites excluding steroid dienone is 1. The SMILES string of the molecule is CCCCCCC(O)=C(C)[C@@H]1[C@@H](CC(=O)O)[C@@H](O)C[C@@H]1O. The molecule has 0 heterocycles. The molecule has 0 aliphatic heterocycles. The first-order chi connectivity index (χ1) is 9.88. The molecule has 5 heteroatoms. The van der Waals surface area contributed by atoms with Gasteiger partial charge in [-0.2, -0.15) is 0 Å². The Labute approximate surface area is 126 Å². The number of hydrogen-bond acceptors (Lipinski definition) is 4. The molecule has 1 saturated carbocycles. The Bertz CT molecular complexity index is 377. The molecule has 4 atom stereocenters. The smallest absolute Gasteiger partial charge is 0.303 e. The van der Waals surface area contributed by atoms with Crippen LogP contribution in [0.25, 0.3) is 0 Å². The van der Waals surface area contributed by atoms with Crippen LogP contribution in [-0.2, 0) is 4.79 Å². The Hall–Kier alpha value is -1.07. The molecule has 122 valence electrons. The molecule has 1 aliphatic rings. The van der Waals surface area contributed by atoms with Crippen molar-refractivity contribution in [3.8, 4) is 0 Å². The third-order valence-corrected chi connectivity index (χ3v) is 4.49. The van der Waals surface area contributed by atoms with Gasteiger partial charge in [-0.15, -0.1) is 0 Å². The first kappa shape index (κ1) is 18.0. The molecule has 0 spiro atoms. The fourth-order valence-electron chi connectivity index (χ4n) is 3.28. The maximum absolute atomic E-state index is 10.9. The maximum Gasteiger partial charge on any atom is 0.303 e. The van der Waals surface area contributed by atoms with Crippen LogP contribution in [0, 0.1) is 11.8 Å². The van der Waals surface area contributed by atoms with Crippen molar-refractivity contribution in [2.75, 3.05) is 0 Å². The second kappa shape index (κ2) is 8.39. The van der Waals surface area contributed by atoms with E-state index in [2.05, 4.69) is 6.92 Å². The van der Waals surface area contributed by atoms with Crippen LogP contribution in [0.4, 0.5) is 0 Å². The van der Waals surface area contributed by atoms with Gasteiger partial charge in [0, 0.05) is 24.7 Å². The minimum absolute atomic E-state index is 0.170. The van der Waals surface area contributed by atoms with E-state index in [0.29, 0.717) is 12.0 Å². The average Bonchev–Trinajstić information content (AvgIpc) is 2.67. The molecular formula is C16H28O5. The molecule has 4 N–H and O–H groups in total. The maximum atomic E-state index is 10.9. The van der Waals surface area contributed by atoms with E-state index in [1.807, 2.05) is 0 Å². The van der Waals surface area contributed by atoms with E-state index in [9.17, 15) is 20.1 Å². The van der Waals surface area contributed by atoms with Crippen molar-refractivity contribution in [1.82, 2.24) is 0 Å². The molecule has 0 aromatic heterocycles. The second-order valence-electron chi connectivity index (χ2n) is 6.10. The molecule has 1 fully saturated rings. The molecule has 21 heavy (non-hydrogen) atoms. The molecule has 0 amide bonds. The van der Waals surface area contributed by atoms with Crippen LogP contribution < -0.4 is 0 Å². The first-order valence-electron chi connectivity index (χ1n) is 7.85. The molecule has 0 saturated heterocycles. The van der Waals surface area contributed by atoms with Crippen LogP contribution in [0.15, 0.2) is 11.3 Å². The van der Waals surface area contributed by atoms with E-state index < -0.39 is 30.0 Å². The van der Waals surface area contributed by atoms with Gasteiger partial charge in [-0.1, -0.05) is 26.2 Å². The number of aliphatic carboxylic acids is 1.